The molecule has 1 aromatic heterocycles. The number of hydrogen-bond acceptors (Lipinski definition) is 4. The number of ether oxygens (including phenoxy) is 1. The lowest BCUT2D eigenvalue weighted by molar-refractivity contribution is -0.145. The van der Waals surface area contributed by atoms with E-state index in [0.29, 0.717) is 12.8 Å². The van der Waals surface area contributed by atoms with Crippen molar-refractivity contribution in [3.8, 4) is 0 Å². The summed E-state index contributed by atoms with van der Waals surface area (Å²) in [6, 6.07) is -0.681. The minimum atomic E-state index is -0.681. The molecule has 1 atom stereocenters. The number of unbranched alkanes of at least 4 members (excludes halogenated alkanes) is 8. The summed E-state index contributed by atoms with van der Waals surface area (Å²) in [5.74, 6) is -0.544. The van der Waals surface area contributed by atoms with E-state index in [4.69, 9.17) is 4.74 Å². The molecule has 0 saturated carbocycles. The Balaban J connectivity index is 2.16. The molecule has 0 radical (unpaired) electrons. The van der Waals surface area contributed by atoms with Crippen LogP contribution < -0.4 is 5.32 Å². The SMILES string of the molecule is CCCCCCCCCCCC(=O)NC(Cc1c[nH]cn1)C(=O)OC. The fraction of sp³-hybridized carbons (Fsp3) is 0.737. The molecule has 0 bridgehead atoms. The van der Waals surface area contributed by atoms with E-state index in [1.807, 2.05) is 0 Å². The van der Waals surface area contributed by atoms with Crippen LogP contribution in [0.2, 0.25) is 0 Å². The molecule has 6 nitrogen and oxygen atoms in total. The molecule has 0 saturated heterocycles. The van der Waals surface area contributed by atoms with Gasteiger partial charge in [-0.05, 0) is 6.42 Å². The van der Waals surface area contributed by atoms with Gasteiger partial charge in [0, 0.05) is 19.0 Å². The molecular formula is C19H33N3O3. The van der Waals surface area contributed by atoms with Gasteiger partial charge in [-0.1, -0.05) is 58.3 Å². The zero-order chi connectivity index (χ0) is 18.3. The number of amides is 1. The summed E-state index contributed by atoms with van der Waals surface area (Å²) in [4.78, 5) is 30.8. The van der Waals surface area contributed by atoms with Crippen LogP contribution in [0.3, 0.4) is 0 Å². The second-order valence-electron chi connectivity index (χ2n) is 6.49. The molecule has 0 aromatic carbocycles. The number of carbonyl (C=O) groups is 2. The first-order chi connectivity index (χ1) is 12.2. The van der Waals surface area contributed by atoms with E-state index < -0.39 is 12.0 Å². The molecule has 0 spiro atoms. The van der Waals surface area contributed by atoms with Crippen LogP contribution in [0.25, 0.3) is 0 Å². The molecule has 1 unspecified atom stereocenters. The van der Waals surface area contributed by atoms with E-state index in [1.165, 1.54) is 52.1 Å². The van der Waals surface area contributed by atoms with Gasteiger partial charge in [0.15, 0.2) is 0 Å². The fourth-order valence-corrected chi connectivity index (χ4v) is 2.81. The average molecular weight is 351 g/mol. The minimum Gasteiger partial charge on any atom is -0.467 e. The van der Waals surface area contributed by atoms with Gasteiger partial charge in [0.25, 0.3) is 0 Å². The van der Waals surface area contributed by atoms with E-state index in [-0.39, 0.29) is 5.91 Å². The Morgan fingerprint density at radius 3 is 2.32 bits per heavy atom. The zero-order valence-corrected chi connectivity index (χ0v) is 15.7. The molecule has 1 rings (SSSR count). The van der Waals surface area contributed by atoms with Gasteiger partial charge in [0.05, 0.1) is 19.1 Å². The lowest BCUT2D eigenvalue weighted by Crippen LogP contribution is -2.43. The van der Waals surface area contributed by atoms with Gasteiger partial charge < -0.3 is 15.0 Å². The Bertz CT molecular complexity index is 474. The highest BCUT2D eigenvalue weighted by Crippen LogP contribution is 2.10. The summed E-state index contributed by atoms with van der Waals surface area (Å²) in [6.07, 6.45) is 14.9. The maximum atomic E-state index is 12.1. The van der Waals surface area contributed by atoms with Crippen LogP contribution >= 0.6 is 0 Å². The van der Waals surface area contributed by atoms with Crippen LogP contribution in [-0.4, -0.2) is 35.0 Å². The maximum Gasteiger partial charge on any atom is 0.328 e. The van der Waals surface area contributed by atoms with Crippen LogP contribution in [0.4, 0.5) is 0 Å². The van der Waals surface area contributed by atoms with Gasteiger partial charge >= 0.3 is 5.97 Å². The number of H-pyrrole nitrogens is 1. The van der Waals surface area contributed by atoms with Gasteiger partial charge in [-0.3, -0.25) is 4.79 Å². The number of imidazole rings is 1. The number of carbonyl (C=O) groups excluding carboxylic acids is 2. The van der Waals surface area contributed by atoms with Gasteiger partial charge in [0.2, 0.25) is 5.91 Å². The van der Waals surface area contributed by atoms with Gasteiger partial charge in [-0.2, -0.15) is 0 Å². The first kappa shape index (κ1) is 21.2. The molecule has 0 aliphatic carbocycles. The summed E-state index contributed by atoms with van der Waals surface area (Å²) in [5, 5.41) is 2.76. The summed E-state index contributed by atoms with van der Waals surface area (Å²) < 4.78 is 4.77. The maximum absolute atomic E-state index is 12.1. The molecule has 0 aliphatic rings. The number of aromatic nitrogens is 2. The number of nitrogens with one attached hydrogen (secondary N) is 2. The predicted octanol–water partition coefficient (Wildman–Crippen LogP) is 3.53. The van der Waals surface area contributed by atoms with Crippen molar-refractivity contribution in [1.29, 1.82) is 0 Å². The molecule has 1 heterocycles. The molecule has 0 aliphatic heterocycles. The summed E-state index contributed by atoms with van der Waals surface area (Å²) >= 11 is 0. The van der Waals surface area contributed by atoms with Crippen LogP contribution in [0.1, 0.15) is 76.8 Å². The van der Waals surface area contributed by atoms with Crippen molar-refractivity contribution >= 4 is 11.9 Å². The summed E-state index contributed by atoms with van der Waals surface area (Å²) in [5.41, 5.74) is 0.721. The number of methoxy groups -OCH3 is 1. The van der Waals surface area contributed by atoms with Crippen LogP contribution in [0.15, 0.2) is 12.5 Å². The van der Waals surface area contributed by atoms with Gasteiger partial charge in [-0.15, -0.1) is 0 Å². The molecule has 1 aromatic rings. The summed E-state index contributed by atoms with van der Waals surface area (Å²) in [7, 11) is 1.33. The molecule has 2 N–H and O–H groups in total. The number of aromatic amines is 1. The molecule has 1 amide bonds. The van der Waals surface area contributed by atoms with E-state index in [0.717, 1.165) is 18.5 Å². The Kier molecular flexibility index (Phi) is 11.4. The predicted molar refractivity (Wildman–Crippen MR) is 98.1 cm³/mol. The fourth-order valence-electron chi connectivity index (χ4n) is 2.81. The molecule has 25 heavy (non-hydrogen) atoms. The van der Waals surface area contributed by atoms with Crippen molar-refractivity contribution in [2.75, 3.05) is 7.11 Å². The van der Waals surface area contributed by atoms with Crippen LogP contribution in [0.5, 0.6) is 0 Å². The van der Waals surface area contributed by atoms with Crippen LogP contribution in [0, 0.1) is 0 Å². The first-order valence-corrected chi connectivity index (χ1v) is 9.52. The largest absolute Gasteiger partial charge is 0.467 e. The number of rotatable bonds is 14. The van der Waals surface area contributed by atoms with E-state index in [1.54, 1.807) is 12.5 Å². The highest BCUT2D eigenvalue weighted by molar-refractivity contribution is 5.84. The third-order valence-corrected chi connectivity index (χ3v) is 4.30. The first-order valence-electron chi connectivity index (χ1n) is 9.52. The second-order valence-corrected chi connectivity index (χ2v) is 6.49. The highest BCUT2D eigenvalue weighted by atomic mass is 16.5. The van der Waals surface area contributed by atoms with E-state index >= 15 is 0 Å². The van der Waals surface area contributed by atoms with Crippen molar-refractivity contribution < 1.29 is 14.3 Å². The average Bonchev–Trinajstić information content (AvgIpc) is 3.12. The Labute approximate surface area is 151 Å². The number of hydrogen-bond donors (Lipinski definition) is 2. The monoisotopic (exact) mass is 351 g/mol. The second kappa shape index (κ2) is 13.4. The zero-order valence-electron chi connectivity index (χ0n) is 15.7. The van der Waals surface area contributed by atoms with Crippen molar-refractivity contribution in [3.05, 3.63) is 18.2 Å². The standard InChI is InChI=1S/C19H33N3O3/c1-3-4-5-6-7-8-9-10-11-12-18(23)22-17(19(24)25-2)13-16-14-20-15-21-16/h14-15,17H,3-13H2,1-2H3,(H,20,21)(H,22,23). The van der Waals surface area contributed by atoms with Gasteiger partial charge in [-0.25, -0.2) is 9.78 Å². The smallest absolute Gasteiger partial charge is 0.328 e. The lowest BCUT2D eigenvalue weighted by Gasteiger charge is -2.15. The Hall–Kier alpha value is -1.85. The quantitative estimate of drug-likeness (QED) is 0.397. The molecular weight excluding hydrogens is 318 g/mol. The Morgan fingerprint density at radius 2 is 1.76 bits per heavy atom. The summed E-state index contributed by atoms with van der Waals surface area (Å²) in [6.45, 7) is 2.23. The van der Waals surface area contributed by atoms with Crippen molar-refractivity contribution in [3.63, 3.8) is 0 Å². The third-order valence-electron chi connectivity index (χ3n) is 4.30. The number of nitrogens with zero attached hydrogens (tertiary/aromatic N) is 1. The molecule has 142 valence electrons. The Morgan fingerprint density at radius 1 is 1.12 bits per heavy atom. The van der Waals surface area contributed by atoms with Gasteiger partial charge in [0.1, 0.15) is 6.04 Å². The third kappa shape index (κ3) is 9.89. The van der Waals surface area contributed by atoms with Crippen molar-refractivity contribution in [2.45, 2.75) is 83.6 Å². The van der Waals surface area contributed by atoms with Crippen LogP contribution in [-0.2, 0) is 20.7 Å². The normalized spacial score (nSPS) is 11.9. The van der Waals surface area contributed by atoms with E-state index in [2.05, 4.69) is 22.2 Å². The van der Waals surface area contributed by atoms with Crippen molar-refractivity contribution in [1.82, 2.24) is 15.3 Å². The lowest BCUT2D eigenvalue weighted by atomic mass is 10.1. The highest BCUT2D eigenvalue weighted by Gasteiger charge is 2.22. The number of esters is 1. The van der Waals surface area contributed by atoms with E-state index in [9.17, 15) is 9.59 Å². The molecule has 6 heteroatoms. The minimum absolute atomic E-state index is 0.103. The molecule has 0 fully saturated rings. The topological polar surface area (TPSA) is 84.1 Å². The van der Waals surface area contributed by atoms with Crippen molar-refractivity contribution in [2.24, 2.45) is 0 Å².